The largest absolute Gasteiger partial charge is 0.0914 e. The van der Waals surface area contributed by atoms with E-state index >= 15 is 0 Å². The van der Waals surface area contributed by atoms with Crippen LogP contribution < -0.4 is 0 Å². The van der Waals surface area contributed by atoms with Crippen LogP contribution in [0.15, 0.2) is 60.7 Å². The number of benzene rings is 2. The fourth-order valence-electron chi connectivity index (χ4n) is 3.82. The lowest BCUT2D eigenvalue weighted by Crippen LogP contribution is -2.13. The van der Waals surface area contributed by atoms with Gasteiger partial charge in [-0.1, -0.05) is 60.2 Å². The molecule has 1 fully saturated rings. The van der Waals surface area contributed by atoms with E-state index in [0.717, 1.165) is 16.9 Å². The van der Waals surface area contributed by atoms with Gasteiger partial charge in [0.1, 0.15) is 0 Å². The number of aryl methyl sites for hydroxylation is 1. The molecule has 0 unspecified atom stereocenters. The molecule has 1 aliphatic rings. The van der Waals surface area contributed by atoms with Gasteiger partial charge < -0.3 is 0 Å². The summed E-state index contributed by atoms with van der Waals surface area (Å²) in [6.45, 7) is 2.14. The fourth-order valence-corrected chi connectivity index (χ4v) is 3.94. The molecular formula is C23H27Cl. The molecule has 1 heteroatoms. The number of halogens is 1. The molecule has 24 heavy (non-hydrogen) atoms. The first kappa shape index (κ1) is 17.3. The lowest BCUT2D eigenvalue weighted by Gasteiger charge is -2.26. The Morgan fingerprint density at radius 2 is 1.46 bits per heavy atom. The lowest BCUT2D eigenvalue weighted by molar-refractivity contribution is 0.296. The summed E-state index contributed by atoms with van der Waals surface area (Å²) in [6.07, 6.45) is 12.7. The highest BCUT2D eigenvalue weighted by Crippen LogP contribution is 2.32. The van der Waals surface area contributed by atoms with Gasteiger partial charge in [-0.05, 0) is 86.1 Å². The highest BCUT2D eigenvalue weighted by molar-refractivity contribution is 6.30. The maximum Gasteiger partial charge on any atom is 0.0406 e. The second-order valence-corrected chi connectivity index (χ2v) is 7.49. The van der Waals surface area contributed by atoms with Gasteiger partial charge in [-0.25, -0.2) is 0 Å². The molecule has 0 N–H and O–H groups in total. The van der Waals surface area contributed by atoms with E-state index < -0.39 is 0 Å². The highest BCUT2D eigenvalue weighted by atomic mass is 35.5. The van der Waals surface area contributed by atoms with E-state index in [0.29, 0.717) is 0 Å². The van der Waals surface area contributed by atoms with Crippen LogP contribution in [0, 0.1) is 11.8 Å². The summed E-state index contributed by atoms with van der Waals surface area (Å²) in [5.74, 6) is 1.76. The molecule has 0 amide bonds. The molecule has 0 aliphatic heterocycles. The molecule has 0 nitrogen and oxygen atoms in total. The molecule has 1 saturated carbocycles. The van der Waals surface area contributed by atoms with Crippen molar-refractivity contribution >= 4 is 11.6 Å². The molecule has 2 aromatic carbocycles. The average molecular weight is 339 g/mol. The van der Waals surface area contributed by atoms with Crippen LogP contribution >= 0.6 is 11.6 Å². The molecule has 126 valence electrons. The Kier molecular flexibility index (Phi) is 6.15. The summed E-state index contributed by atoms with van der Waals surface area (Å²) in [5.41, 5.74) is 3.96. The van der Waals surface area contributed by atoms with E-state index in [1.807, 2.05) is 12.1 Å². The summed E-state index contributed by atoms with van der Waals surface area (Å²) in [5, 5.41) is 0.791. The second-order valence-electron chi connectivity index (χ2n) is 7.05. The molecule has 0 radical (unpaired) electrons. The minimum Gasteiger partial charge on any atom is -0.0914 e. The van der Waals surface area contributed by atoms with Crippen LogP contribution in [-0.2, 0) is 6.42 Å². The van der Waals surface area contributed by atoms with Crippen molar-refractivity contribution in [3.63, 3.8) is 0 Å². The minimum atomic E-state index is 0.791. The van der Waals surface area contributed by atoms with Crippen LogP contribution in [0.1, 0.15) is 44.6 Å². The van der Waals surface area contributed by atoms with Gasteiger partial charge in [0.25, 0.3) is 0 Å². The Morgan fingerprint density at radius 3 is 2.04 bits per heavy atom. The lowest BCUT2D eigenvalue weighted by atomic mass is 9.79. The summed E-state index contributed by atoms with van der Waals surface area (Å²) >= 11 is 5.96. The van der Waals surface area contributed by atoms with E-state index in [2.05, 4.69) is 55.5 Å². The number of rotatable bonds is 5. The van der Waals surface area contributed by atoms with Crippen molar-refractivity contribution in [1.82, 2.24) is 0 Å². The number of hydrogen-bond acceptors (Lipinski definition) is 0. The van der Waals surface area contributed by atoms with Gasteiger partial charge in [0.05, 0.1) is 0 Å². The molecule has 1 aliphatic carbocycles. The van der Waals surface area contributed by atoms with E-state index in [9.17, 15) is 0 Å². The van der Waals surface area contributed by atoms with E-state index in [4.69, 9.17) is 11.6 Å². The van der Waals surface area contributed by atoms with Crippen molar-refractivity contribution in [2.75, 3.05) is 0 Å². The van der Waals surface area contributed by atoms with Gasteiger partial charge in [-0.2, -0.15) is 0 Å². The highest BCUT2D eigenvalue weighted by Gasteiger charge is 2.18. The standard InChI is InChI=1S/C23H27Cl/c1-2-3-18-4-6-19(7-5-18)8-9-20-10-12-21(13-11-20)22-14-16-23(24)17-15-22/h2-3,10-19H,4-9H2,1H3/t18-,19-. The van der Waals surface area contributed by atoms with Gasteiger partial charge in [0.15, 0.2) is 0 Å². The van der Waals surface area contributed by atoms with Gasteiger partial charge in [0.2, 0.25) is 0 Å². The first-order chi connectivity index (χ1) is 11.7. The molecule has 3 rings (SSSR count). The number of allylic oxidation sites excluding steroid dienone is 2. The Morgan fingerprint density at radius 1 is 0.875 bits per heavy atom. The Hall–Kier alpha value is -1.53. The zero-order chi connectivity index (χ0) is 16.8. The first-order valence-electron chi connectivity index (χ1n) is 9.22. The van der Waals surface area contributed by atoms with Gasteiger partial charge >= 0.3 is 0 Å². The smallest absolute Gasteiger partial charge is 0.0406 e. The SMILES string of the molecule is CC=C[C@H]1CC[C@H](CCc2ccc(-c3ccc(Cl)cc3)cc2)CC1. The van der Waals surface area contributed by atoms with Crippen molar-refractivity contribution < 1.29 is 0 Å². The Labute approximate surface area is 151 Å². The van der Waals surface area contributed by atoms with Crippen LogP contribution in [0.2, 0.25) is 5.02 Å². The van der Waals surface area contributed by atoms with Crippen molar-refractivity contribution in [2.45, 2.75) is 45.4 Å². The fraction of sp³-hybridized carbons (Fsp3) is 0.391. The van der Waals surface area contributed by atoms with E-state index in [1.165, 1.54) is 55.2 Å². The zero-order valence-corrected chi connectivity index (χ0v) is 15.3. The van der Waals surface area contributed by atoms with E-state index in [1.54, 1.807) is 0 Å². The van der Waals surface area contributed by atoms with Crippen molar-refractivity contribution in [3.8, 4) is 11.1 Å². The quantitative estimate of drug-likeness (QED) is 0.501. The summed E-state index contributed by atoms with van der Waals surface area (Å²) in [6, 6.07) is 17.1. The molecule has 0 aromatic heterocycles. The van der Waals surface area contributed by atoms with Crippen LogP contribution in [0.3, 0.4) is 0 Å². The van der Waals surface area contributed by atoms with Crippen molar-refractivity contribution in [2.24, 2.45) is 11.8 Å². The van der Waals surface area contributed by atoms with Crippen LogP contribution in [-0.4, -0.2) is 0 Å². The van der Waals surface area contributed by atoms with E-state index in [-0.39, 0.29) is 0 Å². The molecule has 0 heterocycles. The molecular weight excluding hydrogens is 312 g/mol. The monoisotopic (exact) mass is 338 g/mol. The second kappa shape index (κ2) is 8.53. The van der Waals surface area contributed by atoms with Gasteiger partial charge in [0, 0.05) is 5.02 Å². The van der Waals surface area contributed by atoms with Crippen LogP contribution in [0.4, 0.5) is 0 Å². The molecule has 2 aromatic rings. The van der Waals surface area contributed by atoms with Crippen LogP contribution in [0.25, 0.3) is 11.1 Å². The summed E-state index contributed by atoms with van der Waals surface area (Å²) in [7, 11) is 0. The first-order valence-corrected chi connectivity index (χ1v) is 9.60. The van der Waals surface area contributed by atoms with Crippen molar-refractivity contribution in [1.29, 1.82) is 0 Å². The summed E-state index contributed by atoms with van der Waals surface area (Å²) < 4.78 is 0. The molecule has 0 spiro atoms. The Balaban J connectivity index is 1.51. The van der Waals surface area contributed by atoms with Crippen LogP contribution in [0.5, 0.6) is 0 Å². The minimum absolute atomic E-state index is 0.791. The third-order valence-electron chi connectivity index (χ3n) is 5.33. The topological polar surface area (TPSA) is 0 Å². The third kappa shape index (κ3) is 4.74. The maximum atomic E-state index is 5.96. The normalized spacial score (nSPS) is 21.2. The number of hydrogen-bond donors (Lipinski definition) is 0. The zero-order valence-electron chi connectivity index (χ0n) is 14.5. The predicted molar refractivity (Wildman–Crippen MR) is 105 cm³/mol. The van der Waals surface area contributed by atoms with Crippen molar-refractivity contribution in [3.05, 3.63) is 71.3 Å². The third-order valence-corrected chi connectivity index (χ3v) is 5.58. The molecule has 0 saturated heterocycles. The predicted octanol–water partition coefficient (Wildman–Crippen LogP) is 7.32. The average Bonchev–Trinajstić information content (AvgIpc) is 2.63. The molecule has 0 bridgehead atoms. The Bertz CT molecular complexity index is 643. The molecule has 0 atom stereocenters. The maximum absolute atomic E-state index is 5.96. The van der Waals surface area contributed by atoms with Gasteiger partial charge in [-0.15, -0.1) is 0 Å². The van der Waals surface area contributed by atoms with Gasteiger partial charge in [-0.3, -0.25) is 0 Å². The summed E-state index contributed by atoms with van der Waals surface area (Å²) in [4.78, 5) is 0.